The Labute approximate surface area is 188 Å². The van der Waals surface area contributed by atoms with Gasteiger partial charge in [0.05, 0.1) is 12.2 Å². The van der Waals surface area contributed by atoms with Crippen LogP contribution in [0.25, 0.3) is 22.9 Å². The fraction of sp³-hybridized carbons (Fsp3) is 0.190. The van der Waals surface area contributed by atoms with Crippen molar-refractivity contribution in [3.8, 4) is 22.9 Å². The molecule has 0 bridgehead atoms. The predicted molar refractivity (Wildman–Crippen MR) is 117 cm³/mol. The molecule has 12 heteroatoms. The molecule has 10 nitrogen and oxygen atoms in total. The van der Waals surface area contributed by atoms with E-state index in [9.17, 15) is 17.6 Å². The molecule has 170 valence electrons. The van der Waals surface area contributed by atoms with Crippen molar-refractivity contribution in [2.75, 3.05) is 11.6 Å². The number of hydrogen-bond donors (Lipinski definition) is 1. The van der Waals surface area contributed by atoms with E-state index in [2.05, 4.69) is 25.5 Å². The topological polar surface area (TPSA) is 133 Å². The summed E-state index contributed by atoms with van der Waals surface area (Å²) < 4.78 is 44.0. The molecule has 0 spiro atoms. The molecule has 3 aromatic heterocycles. The molecule has 0 fully saturated rings. The molecule has 0 aliphatic heterocycles. The molecule has 1 aromatic carbocycles. The Hall–Kier alpha value is -3.93. The highest BCUT2D eigenvalue weighted by Crippen LogP contribution is 2.25. The Morgan fingerprint density at radius 3 is 2.70 bits per heavy atom. The van der Waals surface area contributed by atoms with Gasteiger partial charge in [0.2, 0.25) is 5.91 Å². The summed E-state index contributed by atoms with van der Waals surface area (Å²) in [5.74, 6) is -0.791. The van der Waals surface area contributed by atoms with Crippen LogP contribution < -0.4 is 5.32 Å². The Bertz CT molecular complexity index is 1400. The molecular formula is C21H19FN6O4S. The van der Waals surface area contributed by atoms with Crippen LogP contribution in [0.4, 0.5) is 10.2 Å². The maximum atomic E-state index is 14.2. The highest BCUT2D eigenvalue weighted by Gasteiger charge is 2.24. The lowest BCUT2D eigenvalue weighted by Crippen LogP contribution is -2.32. The van der Waals surface area contributed by atoms with Crippen LogP contribution in [-0.4, -0.2) is 50.7 Å². The fourth-order valence-corrected chi connectivity index (χ4v) is 3.41. The number of aromatic nitrogens is 5. The second-order valence-electron chi connectivity index (χ2n) is 7.28. The van der Waals surface area contributed by atoms with Crippen molar-refractivity contribution in [1.82, 2.24) is 24.9 Å². The van der Waals surface area contributed by atoms with Gasteiger partial charge in [0.25, 0.3) is 0 Å². The quantitative estimate of drug-likeness (QED) is 0.436. The highest BCUT2D eigenvalue weighted by molar-refractivity contribution is 7.92. The summed E-state index contributed by atoms with van der Waals surface area (Å²) in [7, 11) is -3.56. The predicted octanol–water partition coefficient (Wildman–Crippen LogP) is 2.55. The molecule has 4 rings (SSSR count). The average molecular weight is 470 g/mol. The van der Waals surface area contributed by atoms with Gasteiger partial charge in [-0.3, -0.25) is 9.48 Å². The van der Waals surface area contributed by atoms with E-state index in [1.807, 2.05) is 0 Å². The smallest absolute Gasteiger partial charge is 0.243 e. The van der Waals surface area contributed by atoms with Crippen molar-refractivity contribution >= 4 is 21.6 Å². The minimum atomic E-state index is -3.56. The Morgan fingerprint density at radius 2 is 2.00 bits per heavy atom. The first-order chi connectivity index (χ1) is 15.7. The van der Waals surface area contributed by atoms with Gasteiger partial charge in [-0.25, -0.2) is 22.8 Å². The van der Waals surface area contributed by atoms with Crippen LogP contribution >= 0.6 is 0 Å². The number of nitrogens with one attached hydrogen (secondary N) is 1. The molecule has 0 saturated carbocycles. The lowest BCUT2D eigenvalue weighted by Gasteiger charge is -2.10. The van der Waals surface area contributed by atoms with E-state index in [0.29, 0.717) is 22.6 Å². The summed E-state index contributed by atoms with van der Waals surface area (Å²) in [6.45, 7) is 1.42. The number of anilines is 1. The van der Waals surface area contributed by atoms with Crippen LogP contribution in [0.2, 0.25) is 0 Å². The third-order valence-electron chi connectivity index (χ3n) is 4.91. The number of carbonyl (C=O) groups excluding carboxylic acids is 1. The first kappa shape index (κ1) is 22.3. The van der Waals surface area contributed by atoms with Gasteiger partial charge in [-0.15, -0.1) is 0 Å². The monoisotopic (exact) mass is 470 g/mol. The van der Waals surface area contributed by atoms with Crippen molar-refractivity contribution in [2.45, 2.75) is 18.7 Å². The molecule has 0 aliphatic rings. The Balaban J connectivity index is 1.68. The number of benzene rings is 1. The van der Waals surface area contributed by atoms with Gasteiger partial charge in [-0.1, -0.05) is 23.4 Å². The van der Waals surface area contributed by atoms with Gasteiger partial charge in [0.1, 0.15) is 34.5 Å². The summed E-state index contributed by atoms with van der Waals surface area (Å²) in [5.41, 5.74) is 1.80. The average Bonchev–Trinajstić information content (AvgIpc) is 3.44. The summed E-state index contributed by atoms with van der Waals surface area (Å²) >= 11 is 0. The zero-order valence-corrected chi connectivity index (χ0v) is 18.5. The molecule has 1 amide bonds. The zero-order valence-electron chi connectivity index (χ0n) is 17.6. The van der Waals surface area contributed by atoms with E-state index in [1.165, 1.54) is 31.5 Å². The van der Waals surface area contributed by atoms with E-state index < -0.39 is 21.0 Å². The van der Waals surface area contributed by atoms with Crippen molar-refractivity contribution in [2.24, 2.45) is 0 Å². The van der Waals surface area contributed by atoms with Gasteiger partial charge >= 0.3 is 0 Å². The number of rotatable bonds is 7. The van der Waals surface area contributed by atoms with Crippen LogP contribution in [0.5, 0.6) is 0 Å². The third-order valence-corrected chi connectivity index (χ3v) is 6.40. The second kappa shape index (κ2) is 8.90. The lowest BCUT2D eigenvalue weighted by atomic mass is 10.2. The molecule has 0 saturated heterocycles. The minimum Gasteiger partial charge on any atom is -0.364 e. The number of hydrogen-bond acceptors (Lipinski definition) is 8. The highest BCUT2D eigenvalue weighted by atomic mass is 32.2. The van der Waals surface area contributed by atoms with Gasteiger partial charge in [0.15, 0.2) is 15.7 Å². The largest absolute Gasteiger partial charge is 0.364 e. The first-order valence-electron chi connectivity index (χ1n) is 9.77. The molecular weight excluding hydrogens is 451 g/mol. The van der Waals surface area contributed by atoms with Crippen LogP contribution in [0.15, 0.2) is 59.4 Å². The van der Waals surface area contributed by atoms with Crippen molar-refractivity contribution < 1.29 is 22.1 Å². The van der Waals surface area contributed by atoms with E-state index >= 15 is 0 Å². The zero-order chi connectivity index (χ0) is 23.6. The first-order valence-corrected chi connectivity index (χ1v) is 11.7. The summed E-state index contributed by atoms with van der Waals surface area (Å²) in [6.07, 6.45) is 3.80. The maximum Gasteiger partial charge on any atom is 0.243 e. The SMILES string of the molecule is CC(C(=O)Nc1ccnc(-c2cc(-c3ccon3)n(Cc3ccccc3F)n2)n1)S(C)(=O)=O. The van der Waals surface area contributed by atoms with E-state index in [0.717, 1.165) is 6.26 Å². The van der Waals surface area contributed by atoms with Crippen LogP contribution in [0.3, 0.4) is 0 Å². The molecule has 0 aliphatic carbocycles. The second-order valence-corrected chi connectivity index (χ2v) is 9.64. The van der Waals surface area contributed by atoms with Crippen LogP contribution in [-0.2, 0) is 21.2 Å². The standard InChI is InChI=1S/C21H19FN6O4S/c1-13(33(2,30)31)21(29)25-19-7-9-23-20(24-19)17-11-18(16-8-10-32-27-16)28(26-17)12-14-5-3-4-6-15(14)22/h3-11,13H,12H2,1-2H3,(H,23,24,25,29). The Kier molecular flexibility index (Phi) is 6.01. The fourth-order valence-electron chi connectivity index (χ4n) is 2.96. The number of carbonyl (C=O) groups is 1. The van der Waals surface area contributed by atoms with E-state index in [-0.39, 0.29) is 24.0 Å². The van der Waals surface area contributed by atoms with Gasteiger partial charge < -0.3 is 9.84 Å². The van der Waals surface area contributed by atoms with Crippen LogP contribution in [0, 0.1) is 5.82 Å². The third kappa shape index (κ3) is 4.95. The number of nitrogens with zero attached hydrogens (tertiary/aromatic N) is 5. The molecule has 33 heavy (non-hydrogen) atoms. The summed E-state index contributed by atoms with van der Waals surface area (Å²) in [4.78, 5) is 20.7. The van der Waals surface area contributed by atoms with Crippen molar-refractivity contribution in [3.63, 3.8) is 0 Å². The Morgan fingerprint density at radius 1 is 1.21 bits per heavy atom. The van der Waals surface area contributed by atoms with Gasteiger partial charge in [-0.05, 0) is 25.1 Å². The summed E-state index contributed by atoms with van der Waals surface area (Å²) in [5, 5.41) is 9.67. The van der Waals surface area contributed by atoms with Crippen LogP contribution in [0.1, 0.15) is 12.5 Å². The normalized spacial score (nSPS) is 12.5. The molecule has 3 heterocycles. The molecule has 4 aromatic rings. The van der Waals surface area contributed by atoms with Gasteiger partial charge in [-0.2, -0.15) is 5.10 Å². The van der Waals surface area contributed by atoms with E-state index in [4.69, 9.17) is 4.52 Å². The molecule has 1 unspecified atom stereocenters. The maximum absolute atomic E-state index is 14.2. The van der Waals surface area contributed by atoms with Gasteiger partial charge in [0, 0.05) is 24.1 Å². The number of amides is 1. The number of halogens is 1. The van der Waals surface area contributed by atoms with Crippen molar-refractivity contribution in [1.29, 1.82) is 0 Å². The number of sulfone groups is 1. The molecule has 1 atom stereocenters. The summed E-state index contributed by atoms with van der Waals surface area (Å²) in [6, 6.07) is 11.1. The minimum absolute atomic E-state index is 0.118. The molecule has 0 radical (unpaired) electrons. The van der Waals surface area contributed by atoms with E-state index in [1.54, 1.807) is 35.0 Å². The van der Waals surface area contributed by atoms with Crippen molar-refractivity contribution in [3.05, 3.63) is 66.3 Å². The molecule has 1 N–H and O–H groups in total. The lowest BCUT2D eigenvalue weighted by molar-refractivity contribution is -0.115.